The first kappa shape index (κ1) is 23.8. The van der Waals surface area contributed by atoms with Gasteiger partial charge in [-0.2, -0.15) is 5.21 Å². The van der Waals surface area contributed by atoms with Gasteiger partial charge in [-0.1, -0.05) is 56.4 Å². The van der Waals surface area contributed by atoms with Crippen LogP contribution in [0, 0.1) is 18.7 Å². The summed E-state index contributed by atoms with van der Waals surface area (Å²) in [4.78, 5) is 5.48. The van der Waals surface area contributed by atoms with Crippen molar-refractivity contribution in [3.63, 3.8) is 0 Å². The molecule has 4 aromatic rings. The van der Waals surface area contributed by atoms with Crippen molar-refractivity contribution < 1.29 is 9.13 Å². The third-order valence-electron chi connectivity index (χ3n) is 6.94. The van der Waals surface area contributed by atoms with Crippen molar-refractivity contribution in [2.75, 3.05) is 0 Å². The van der Waals surface area contributed by atoms with Crippen LogP contribution in [0.25, 0.3) is 22.5 Å². The topological polar surface area (TPSA) is 76.6 Å². The van der Waals surface area contributed by atoms with Gasteiger partial charge in [0.05, 0.1) is 28.7 Å². The Hall–Kier alpha value is -2.97. The molecule has 35 heavy (non-hydrogen) atoms. The molecule has 1 saturated carbocycles. The number of nitrogens with zero attached hydrogens (tertiary/aromatic N) is 4. The average Bonchev–Trinajstić information content (AvgIpc) is 3.60. The number of H-pyrrole nitrogens is 1. The van der Waals surface area contributed by atoms with E-state index < -0.39 is 0 Å². The predicted octanol–water partition coefficient (Wildman–Crippen LogP) is 7.06. The van der Waals surface area contributed by atoms with Gasteiger partial charge in [-0.15, -0.1) is 21.5 Å². The largest absolute Gasteiger partial charge is 0.368 e. The molecule has 1 fully saturated rings. The summed E-state index contributed by atoms with van der Waals surface area (Å²) in [5.74, 6) is 0.703. The third-order valence-corrected chi connectivity index (χ3v) is 7.81. The Morgan fingerprint density at radius 2 is 1.97 bits per heavy atom. The van der Waals surface area contributed by atoms with Gasteiger partial charge in [-0.3, -0.25) is 4.98 Å². The summed E-state index contributed by atoms with van der Waals surface area (Å²) in [6, 6.07) is 11.3. The number of hydrogen-bond acceptors (Lipinski definition) is 6. The number of aryl methyl sites for hydroxylation is 1. The van der Waals surface area contributed by atoms with Crippen LogP contribution in [0.15, 0.2) is 48.1 Å². The van der Waals surface area contributed by atoms with E-state index in [1.165, 1.54) is 49.5 Å². The Labute approximate surface area is 209 Å². The number of nitrogens with one attached hydrogen (secondary N) is 1. The Bertz CT molecular complexity index is 1220. The van der Waals surface area contributed by atoms with Crippen LogP contribution in [-0.4, -0.2) is 25.6 Å². The highest BCUT2D eigenvalue weighted by molar-refractivity contribution is 7.09. The summed E-state index contributed by atoms with van der Waals surface area (Å²) in [7, 11) is 0. The lowest BCUT2D eigenvalue weighted by atomic mass is 9.85. The molecule has 1 N–H and O–H groups in total. The number of aromatic nitrogens is 5. The molecular weight excluding hydrogens is 461 g/mol. The quantitative estimate of drug-likeness (QED) is 0.271. The van der Waals surface area contributed by atoms with E-state index in [2.05, 4.69) is 37.7 Å². The Kier molecular flexibility index (Phi) is 7.59. The zero-order valence-electron chi connectivity index (χ0n) is 19.9. The molecule has 0 bridgehead atoms. The van der Waals surface area contributed by atoms with Gasteiger partial charge >= 0.3 is 0 Å². The highest BCUT2D eigenvalue weighted by Gasteiger charge is 2.19. The summed E-state index contributed by atoms with van der Waals surface area (Å²) < 4.78 is 21.1. The molecular formula is C27H30FN5OS. The molecule has 1 aliphatic rings. The van der Waals surface area contributed by atoms with E-state index in [1.807, 2.05) is 30.8 Å². The van der Waals surface area contributed by atoms with Crippen LogP contribution in [0.2, 0.25) is 0 Å². The number of ether oxygens (including phenoxy) is 1. The van der Waals surface area contributed by atoms with Crippen molar-refractivity contribution in [3.8, 4) is 22.5 Å². The third kappa shape index (κ3) is 5.82. The summed E-state index contributed by atoms with van der Waals surface area (Å²) in [5, 5.41) is 13.6. The molecule has 1 atom stereocenters. The number of tetrazole rings is 1. The molecule has 1 unspecified atom stereocenters. The van der Waals surface area contributed by atoms with Crippen molar-refractivity contribution in [2.24, 2.45) is 5.92 Å². The SMILES string of the molecule is Cc1cc(COC(CCC2CCCCC2)c2cncs2)ccc1-c1ccc(-c2nn[nH]n2)c(F)c1. The lowest BCUT2D eigenvalue weighted by molar-refractivity contribution is 0.0306. The second-order valence-electron chi connectivity index (χ2n) is 9.36. The van der Waals surface area contributed by atoms with Gasteiger partial charge in [0.15, 0.2) is 0 Å². The fourth-order valence-corrected chi connectivity index (χ4v) is 5.73. The Balaban J connectivity index is 1.26. The first-order valence-electron chi connectivity index (χ1n) is 12.3. The molecule has 8 heteroatoms. The highest BCUT2D eigenvalue weighted by Crippen LogP contribution is 2.34. The second kappa shape index (κ2) is 11.2. The first-order chi connectivity index (χ1) is 17.2. The van der Waals surface area contributed by atoms with Gasteiger partial charge in [0, 0.05) is 6.20 Å². The van der Waals surface area contributed by atoms with E-state index in [0.29, 0.717) is 12.2 Å². The maximum Gasteiger partial charge on any atom is 0.207 e. The van der Waals surface area contributed by atoms with Crippen molar-refractivity contribution in [2.45, 2.75) is 64.6 Å². The van der Waals surface area contributed by atoms with E-state index >= 15 is 0 Å². The summed E-state index contributed by atoms with van der Waals surface area (Å²) in [6.45, 7) is 2.59. The van der Waals surface area contributed by atoms with Gasteiger partial charge < -0.3 is 4.74 Å². The Morgan fingerprint density at radius 1 is 1.11 bits per heavy atom. The highest BCUT2D eigenvalue weighted by atomic mass is 32.1. The van der Waals surface area contributed by atoms with Crippen molar-refractivity contribution in [1.29, 1.82) is 0 Å². The lowest BCUT2D eigenvalue weighted by Gasteiger charge is -2.24. The predicted molar refractivity (Wildman–Crippen MR) is 135 cm³/mol. The number of thiazole rings is 1. The molecule has 2 heterocycles. The van der Waals surface area contributed by atoms with Crippen molar-refractivity contribution >= 4 is 11.3 Å². The maximum absolute atomic E-state index is 14.7. The summed E-state index contributed by atoms with van der Waals surface area (Å²) >= 11 is 1.67. The van der Waals surface area contributed by atoms with Crippen LogP contribution >= 0.6 is 11.3 Å². The molecule has 2 aromatic heterocycles. The fraction of sp³-hybridized carbons (Fsp3) is 0.407. The molecule has 0 amide bonds. The Morgan fingerprint density at radius 3 is 2.69 bits per heavy atom. The monoisotopic (exact) mass is 491 g/mol. The standard InChI is InChI=1S/C27H30FN5OS/c1-18-13-20(7-10-22(18)21-9-11-23(24(28)14-21)27-30-32-33-31-27)16-34-25(26-15-29-17-35-26)12-8-19-5-3-2-4-6-19/h7,9-11,13-15,17,19,25H,2-6,8,12,16H2,1H3,(H,30,31,32,33). The number of rotatable bonds is 9. The van der Waals surface area contributed by atoms with Crippen LogP contribution in [0.1, 0.15) is 67.1 Å². The minimum absolute atomic E-state index is 0.0798. The number of hydrogen-bond donors (Lipinski definition) is 1. The van der Waals surface area contributed by atoms with E-state index in [1.54, 1.807) is 17.4 Å². The van der Waals surface area contributed by atoms with Gasteiger partial charge in [0.2, 0.25) is 5.82 Å². The molecule has 5 rings (SSSR count). The van der Waals surface area contributed by atoms with Crippen LogP contribution in [-0.2, 0) is 11.3 Å². The summed E-state index contributed by atoms with van der Waals surface area (Å²) in [5.41, 5.74) is 6.21. The van der Waals surface area contributed by atoms with Crippen LogP contribution in [0.4, 0.5) is 4.39 Å². The second-order valence-corrected chi connectivity index (χ2v) is 10.3. The van der Waals surface area contributed by atoms with E-state index in [9.17, 15) is 4.39 Å². The minimum Gasteiger partial charge on any atom is -0.368 e. The minimum atomic E-state index is -0.374. The molecule has 2 aromatic carbocycles. The van der Waals surface area contributed by atoms with Crippen molar-refractivity contribution in [1.82, 2.24) is 25.6 Å². The lowest BCUT2D eigenvalue weighted by Crippen LogP contribution is -2.10. The molecule has 1 aliphatic carbocycles. The van der Waals surface area contributed by atoms with E-state index in [4.69, 9.17) is 4.74 Å². The van der Waals surface area contributed by atoms with Crippen molar-refractivity contribution in [3.05, 3.63) is 69.9 Å². The first-order valence-corrected chi connectivity index (χ1v) is 13.2. The fourth-order valence-electron chi connectivity index (χ4n) is 5.03. The van der Waals surface area contributed by atoms with Gasteiger partial charge in [0.1, 0.15) is 5.82 Å². The van der Waals surface area contributed by atoms with Gasteiger partial charge in [-0.25, -0.2) is 4.39 Å². The van der Waals surface area contributed by atoms with E-state index in [0.717, 1.165) is 34.6 Å². The molecule has 182 valence electrons. The van der Waals surface area contributed by atoms with Crippen LogP contribution < -0.4 is 0 Å². The van der Waals surface area contributed by atoms with Gasteiger partial charge in [0.25, 0.3) is 0 Å². The zero-order chi connectivity index (χ0) is 24.0. The normalized spacial score (nSPS) is 15.4. The number of benzene rings is 2. The number of aromatic amines is 1. The molecule has 0 spiro atoms. The smallest absolute Gasteiger partial charge is 0.207 e. The zero-order valence-corrected chi connectivity index (χ0v) is 20.7. The molecule has 6 nitrogen and oxygen atoms in total. The molecule has 0 aliphatic heterocycles. The average molecular weight is 492 g/mol. The number of halogens is 1. The van der Waals surface area contributed by atoms with E-state index in [-0.39, 0.29) is 17.7 Å². The summed E-state index contributed by atoms with van der Waals surface area (Å²) in [6.07, 6.45) is 11.1. The van der Waals surface area contributed by atoms with Gasteiger partial charge in [-0.05, 0) is 65.3 Å². The van der Waals surface area contributed by atoms with Crippen LogP contribution in [0.3, 0.4) is 0 Å². The molecule has 0 radical (unpaired) electrons. The maximum atomic E-state index is 14.7. The van der Waals surface area contributed by atoms with Crippen LogP contribution in [0.5, 0.6) is 0 Å². The molecule has 0 saturated heterocycles.